The van der Waals surface area contributed by atoms with Crippen LogP contribution in [-0.2, 0) is 31.5 Å². The molecule has 1 aromatic carbocycles. The zero-order valence-corrected chi connectivity index (χ0v) is 15.2. The third-order valence-electron chi connectivity index (χ3n) is 4.28. The molecule has 0 radical (unpaired) electrons. The number of benzene rings is 1. The molecule has 1 aliphatic carbocycles. The number of halogens is 2. The van der Waals surface area contributed by atoms with Crippen molar-refractivity contribution < 1.29 is 22.3 Å². The van der Waals surface area contributed by atoms with E-state index >= 15 is 0 Å². The number of ether oxygens (including phenoxy) is 2. The van der Waals surface area contributed by atoms with Gasteiger partial charge in [0.25, 0.3) is 0 Å². The highest BCUT2D eigenvalue weighted by molar-refractivity contribution is 7.92. The molecule has 2 heterocycles. The third-order valence-corrected chi connectivity index (χ3v) is 7.60. The normalized spacial score (nSPS) is 19.1. The maximum absolute atomic E-state index is 13.8. The average Bonchev–Trinajstić information content (AvgIpc) is 3.16. The smallest absolute Gasteiger partial charge is 0.197 e. The van der Waals surface area contributed by atoms with E-state index in [1.54, 1.807) is 6.07 Å². The highest BCUT2D eigenvalue weighted by Gasteiger charge is 2.49. The maximum atomic E-state index is 13.8. The van der Waals surface area contributed by atoms with E-state index in [0.717, 1.165) is 16.9 Å². The Labute approximate surface area is 148 Å². The number of hydrogen-bond donors (Lipinski definition) is 0. The molecule has 0 N–H and O–H groups in total. The lowest BCUT2D eigenvalue weighted by Gasteiger charge is -2.22. The van der Waals surface area contributed by atoms with Crippen LogP contribution in [0.15, 0.2) is 22.4 Å². The molecule has 1 saturated heterocycles. The highest BCUT2D eigenvalue weighted by atomic mass is 35.5. The molecule has 4 nitrogen and oxygen atoms in total. The van der Waals surface area contributed by atoms with E-state index in [4.69, 9.17) is 21.1 Å². The SMILES string of the molecule is CS(=O)(=O)c1sc(-c2cc(F)cc(Cl)c2)c2c1C1(CC2)OCCO1. The Morgan fingerprint density at radius 2 is 1.96 bits per heavy atom. The zero-order valence-electron chi connectivity index (χ0n) is 12.8. The minimum atomic E-state index is -3.47. The van der Waals surface area contributed by atoms with Gasteiger partial charge in [-0.05, 0) is 35.7 Å². The molecule has 0 unspecified atom stereocenters. The summed E-state index contributed by atoms with van der Waals surface area (Å²) in [6.07, 6.45) is 2.34. The summed E-state index contributed by atoms with van der Waals surface area (Å²) in [5.41, 5.74) is 2.01. The predicted molar refractivity (Wildman–Crippen MR) is 89.7 cm³/mol. The quantitative estimate of drug-likeness (QED) is 0.786. The minimum Gasteiger partial charge on any atom is -0.343 e. The van der Waals surface area contributed by atoms with E-state index in [1.165, 1.54) is 18.4 Å². The standard InChI is InChI=1S/C16H14ClFO4S2/c1-24(19,20)15-13-12(2-3-16(13)21-4-5-22-16)14(23-15)9-6-10(17)8-11(18)7-9/h6-8H,2-5H2,1H3. The van der Waals surface area contributed by atoms with Crippen molar-refractivity contribution in [2.45, 2.75) is 22.8 Å². The monoisotopic (exact) mass is 388 g/mol. The van der Waals surface area contributed by atoms with E-state index in [2.05, 4.69) is 0 Å². The van der Waals surface area contributed by atoms with Gasteiger partial charge in [0.2, 0.25) is 0 Å². The number of rotatable bonds is 2. The van der Waals surface area contributed by atoms with Gasteiger partial charge in [-0.15, -0.1) is 11.3 Å². The fraction of sp³-hybridized carbons (Fsp3) is 0.375. The molecule has 8 heteroatoms. The van der Waals surface area contributed by atoms with E-state index in [0.29, 0.717) is 42.1 Å². The van der Waals surface area contributed by atoms with Crippen molar-refractivity contribution in [2.24, 2.45) is 0 Å². The van der Waals surface area contributed by atoms with Gasteiger partial charge in [0.05, 0.1) is 13.2 Å². The van der Waals surface area contributed by atoms with Gasteiger partial charge in [-0.3, -0.25) is 0 Å². The summed E-state index contributed by atoms with van der Waals surface area (Å²) in [6, 6.07) is 4.23. The molecule has 24 heavy (non-hydrogen) atoms. The molecular formula is C16H14ClFO4S2. The number of fused-ring (bicyclic) bond motifs is 2. The first-order chi connectivity index (χ1) is 11.3. The Kier molecular flexibility index (Phi) is 3.78. The van der Waals surface area contributed by atoms with Crippen LogP contribution in [0.3, 0.4) is 0 Å². The Morgan fingerprint density at radius 1 is 1.25 bits per heavy atom. The number of sulfone groups is 1. The van der Waals surface area contributed by atoms with Crippen molar-refractivity contribution in [3.63, 3.8) is 0 Å². The molecule has 1 aromatic heterocycles. The second kappa shape index (κ2) is 5.51. The Hall–Kier alpha value is -0.990. The van der Waals surface area contributed by atoms with Crippen LogP contribution in [0.2, 0.25) is 5.02 Å². The Bertz CT molecular complexity index is 910. The van der Waals surface area contributed by atoms with Gasteiger partial charge < -0.3 is 9.47 Å². The first-order valence-electron chi connectivity index (χ1n) is 7.41. The fourth-order valence-corrected chi connectivity index (χ4v) is 6.26. The largest absolute Gasteiger partial charge is 0.343 e. The van der Waals surface area contributed by atoms with Crippen LogP contribution < -0.4 is 0 Å². The van der Waals surface area contributed by atoms with Gasteiger partial charge in [0, 0.05) is 28.1 Å². The molecule has 1 spiro atoms. The summed E-state index contributed by atoms with van der Waals surface area (Å²) >= 11 is 7.09. The lowest BCUT2D eigenvalue weighted by atomic mass is 10.1. The molecule has 128 valence electrons. The lowest BCUT2D eigenvalue weighted by Crippen LogP contribution is -2.25. The second-order valence-electron chi connectivity index (χ2n) is 5.95. The van der Waals surface area contributed by atoms with Crippen LogP contribution in [0.25, 0.3) is 10.4 Å². The van der Waals surface area contributed by atoms with Crippen molar-refractivity contribution in [1.29, 1.82) is 0 Å². The highest BCUT2D eigenvalue weighted by Crippen LogP contribution is 2.53. The zero-order chi connectivity index (χ0) is 17.1. The number of thiophene rings is 1. The van der Waals surface area contributed by atoms with E-state index in [1.807, 2.05) is 0 Å². The van der Waals surface area contributed by atoms with Gasteiger partial charge in [-0.2, -0.15) is 0 Å². The molecular weight excluding hydrogens is 375 g/mol. The van der Waals surface area contributed by atoms with Crippen LogP contribution >= 0.6 is 22.9 Å². The summed E-state index contributed by atoms with van der Waals surface area (Å²) in [4.78, 5) is 0.711. The predicted octanol–water partition coefficient (Wildman–Crippen LogP) is 3.76. The summed E-state index contributed by atoms with van der Waals surface area (Å²) in [7, 11) is -3.47. The van der Waals surface area contributed by atoms with Crippen molar-refractivity contribution in [3.8, 4) is 10.4 Å². The average molecular weight is 389 g/mol. The van der Waals surface area contributed by atoms with Gasteiger partial charge >= 0.3 is 0 Å². The summed E-state index contributed by atoms with van der Waals surface area (Å²) in [5.74, 6) is -1.44. The summed E-state index contributed by atoms with van der Waals surface area (Å²) in [5, 5.41) is 0.272. The molecule has 2 aromatic rings. The van der Waals surface area contributed by atoms with E-state index < -0.39 is 21.4 Å². The first-order valence-corrected chi connectivity index (χ1v) is 10.5. The molecule has 0 amide bonds. The molecule has 1 fully saturated rings. The van der Waals surface area contributed by atoms with Gasteiger partial charge in [-0.1, -0.05) is 11.6 Å². The van der Waals surface area contributed by atoms with Crippen LogP contribution in [0.5, 0.6) is 0 Å². The third kappa shape index (κ3) is 2.50. The van der Waals surface area contributed by atoms with Crippen molar-refractivity contribution in [2.75, 3.05) is 19.5 Å². The molecule has 0 bridgehead atoms. The second-order valence-corrected chi connectivity index (χ2v) is 9.62. The van der Waals surface area contributed by atoms with Gasteiger partial charge in [0.1, 0.15) is 10.0 Å². The molecule has 0 saturated carbocycles. The van der Waals surface area contributed by atoms with Gasteiger partial charge in [-0.25, -0.2) is 12.8 Å². The van der Waals surface area contributed by atoms with Gasteiger partial charge in [0.15, 0.2) is 15.6 Å². The maximum Gasteiger partial charge on any atom is 0.197 e. The summed E-state index contributed by atoms with van der Waals surface area (Å²) in [6.45, 7) is 0.860. The molecule has 2 aliphatic rings. The van der Waals surface area contributed by atoms with E-state index in [9.17, 15) is 12.8 Å². The van der Waals surface area contributed by atoms with Crippen molar-refractivity contribution in [1.82, 2.24) is 0 Å². The summed E-state index contributed by atoms with van der Waals surface area (Å²) < 4.78 is 50.2. The number of hydrogen-bond acceptors (Lipinski definition) is 5. The van der Waals surface area contributed by atoms with Crippen LogP contribution in [0, 0.1) is 5.82 Å². The molecule has 1 aliphatic heterocycles. The van der Waals surface area contributed by atoms with Crippen molar-refractivity contribution in [3.05, 3.63) is 40.2 Å². The molecule has 4 rings (SSSR count). The van der Waals surface area contributed by atoms with Crippen LogP contribution in [0.4, 0.5) is 4.39 Å². The fourth-order valence-electron chi connectivity index (χ4n) is 3.40. The topological polar surface area (TPSA) is 52.6 Å². The van der Waals surface area contributed by atoms with Crippen LogP contribution in [-0.4, -0.2) is 27.9 Å². The van der Waals surface area contributed by atoms with Crippen molar-refractivity contribution >= 4 is 32.8 Å². The Morgan fingerprint density at radius 3 is 2.58 bits per heavy atom. The Balaban J connectivity index is 1.98. The van der Waals surface area contributed by atoms with E-state index in [-0.39, 0.29) is 9.23 Å². The first kappa shape index (κ1) is 16.5. The lowest BCUT2D eigenvalue weighted by molar-refractivity contribution is -0.164. The molecule has 0 atom stereocenters. The van der Waals surface area contributed by atoms with Crippen LogP contribution in [0.1, 0.15) is 17.5 Å². The minimum absolute atomic E-state index is 0.229.